The zero-order valence-corrected chi connectivity index (χ0v) is 11.9. The Balaban J connectivity index is 2.11. The van der Waals surface area contributed by atoms with Crippen LogP contribution in [0.1, 0.15) is 6.92 Å². The number of rotatable bonds is 4. The molecule has 0 aliphatic heterocycles. The van der Waals surface area contributed by atoms with Gasteiger partial charge in [0.05, 0.1) is 18.0 Å². The Labute approximate surface area is 124 Å². The molecule has 3 rings (SSSR count). The lowest BCUT2D eigenvalue weighted by Gasteiger charge is -2.09. The van der Waals surface area contributed by atoms with Crippen LogP contribution in [0.3, 0.4) is 0 Å². The molecular weight excluding hydrogens is 260 g/mol. The first-order valence-corrected chi connectivity index (χ1v) is 6.98. The van der Waals surface area contributed by atoms with Crippen molar-refractivity contribution in [1.29, 1.82) is 0 Å². The summed E-state index contributed by atoms with van der Waals surface area (Å²) in [5, 5.41) is 0. The fourth-order valence-electron chi connectivity index (χ4n) is 2.17. The molecule has 104 valence electrons. The van der Waals surface area contributed by atoms with Gasteiger partial charge in [-0.3, -0.25) is 4.98 Å². The first kappa shape index (κ1) is 13.3. The van der Waals surface area contributed by atoms with Crippen LogP contribution in [0.2, 0.25) is 0 Å². The van der Waals surface area contributed by atoms with Gasteiger partial charge in [0.2, 0.25) is 5.88 Å². The average molecular weight is 276 g/mol. The summed E-state index contributed by atoms with van der Waals surface area (Å²) in [6.07, 6.45) is 1.77. The molecule has 0 aliphatic rings. The third kappa shape index (κ3) is 3.08. The number of aromatic nitrogens is 2. The maximum absolute atomic E-state index is 5.59. The van der Waals surface area contributed by atoms with E-state index in [0.717, 1.165) is 22.5 Å². The van der Waals surface area contributed by atoms with E-state index in [2.05, 4.69) is 22.1 Å². The van der Waals surface area contributed by atoms with Gasteiger partial charge in [-0.05, 0) is 36.2 Å². The van der Waals surface area contributed by atoms with Crippen molar-refractivity contribution in [1.82, 2.24) is 9.97 Å². The quantitative estimate of drug-likeness (QED) is 0.716. The summed E-state index contributed by atoms with van der Waals surface area (Å²) in [5.41, 5.74) is 3.88. The molecule has 3 heteroatoms. The predicted molar refractivity (Wildman–Crippen MR) is 84.1 cm³/mol. The van der Waals surface area contributed by atoms with Crippen molar-refractivity contribution >= 4 is 0 Å². The Morgan fingerprint density at radius 1 is 0.857 bits per heavy atom. The van der Waals surface area contributed by atoms with Crippen LogP contribution in [-0.2, 0) is 0 Å². The van der Waals surface area contributed by atoms with E-state index in [0.29, 0.717) is 12.5 Å². The Morgan fingerprint density at radius 3 is 2.38 bits per heavy atom. The summed E-state index contributed by atoms with van der Waals surface area (Å²) in [6, 6.07) is 20.0. The molecule has 0 amide bonds. The summed E-state index contributed by atoms with van der Waals surface area (Å²) in [6.45, 7) is 2.55. The van der Waals surface area contributed by atoms with Crippen LogP contribution in [0.25, 0.3) is 22.5 Å². The van der Waals surface area contributed by atoms with Crippen molar-refractivity contribution in [2.75, 3.05) is 6.61 Å². The van der Waals surface area contributed by atoms with Crippen LogP contribution in [0.5, 0.6) is 5.88 Å². The maximum atomic E-state index is 5.59. The first-order chi connectivity index (χ1) is 10.4. The minimum atomic E-state index is 0.590. The van der Waals surface area contributed by atoms with Crippen molar-refractivity contribution in [2.45, 2.75) is 6.92 Å². The highest BCUT2D eigenvalue weighted by Crippen LogP contribution is 2.27. The first-order valence-electron chi connectivity index (χ1n) is 6.98. The van der Waals surface area contributed by atoms with Gasteiger partial charge in [0, 0.05) is 12.3 Å². The molecule has 0 saturated carbocycles. The molecule has 0 radical (unpaired) electrons. The van der Waals surface area contributed by atoms with Gasteiger partial charge in [-0.15, -0.1) is 0 Å². The summed E-state index contributed by atoms with van der Waals surface area (Å²) in [4.78, 5) is 8.90. The Morgan fingerprint density at radius 2 is 1.67 bits per heavy atom. The maximum Gasteiger partial charge on any atom is 0.214 e. The van der Waals surface area contributed by atoms with Crippen molar-refractivity contribution in [3.05, 3.63) is 66.9 Å². The second-order valence-corrected chi connectivity index (χ2v) is 4.59. The third-order valence-corrected chi connectivity index (χ3v) is 3.13. The van der Waals surface area contributed by atoms with Crippen LogP contribution >= 0.6 is 0 Å². The summed E-state index contributed by atoms with van der Waals surface area (Å²) < 4.78 is 5.59. The number of ether oxygens (including phenoxy) is 1. The van der Waals surface area contributed by atoms with Crippen LogP contribution in [-0.4, -0.2) is 16.6 Å². The van der Waals surface area contributed by atoms with Crippen molar-refractivity contribution in [3.63, 3.8) is 0 Å². The van der Waals surface area contributed by atoms with E-state index in [4.69, 9.17) is 4.74 Å². The number of pyridine rings is 2. The zero-order valence-electron chi connectivity index (χ0n) is 11.9. The molecule has 2 heterocycles. The lowest BCUT2D eigenvalue weighted by atomic mass is 10.1. The molecule has 0 unspecified atom stereocenters. The van der Waals surface area contributed by atoms with Gasteiger partial charge in [0.1, 0.15) is 0 Å². The molecular formula is C18H16N2O. The Bertz CT molecular complexity index is 654. The van der Waals surface area contributed by atoms with E-state index >= 15 is 0 Å². The molecule has 0 aliphatic carbocycles. The summed E-state index contributed by atoms with van der Waals surface area (Å²) >= 11 is 0. The number of hydrogen-bond acceptors (Lipinski definition) is 3. The van der Waals surface area contributed by atoms with Crippen molar-refractivity contribution in [2.24, 2.45) is 0 Å². The number of benzene rings is 1. The zero-order chi connectivity index (χ0) is 14.5. The molecule has 21 heavy (non-hydrogen) atoms. The van der Waals surface area contributed by atoms with Crippen LogP contribution < -0.4 is 4.74 Å². The SMILES string of the molecule is CCOc1cc(-c2ccccc2)cc(-c2ccccn2)n1. The number of hydrogen-bond donors (Lipinski definition) is 0. The molecule has 0 saturated heterocycles. The molecule has 1 aromatic carbocycles. The van der Waals surface area contributed by atoms with Crippen LogP contribution in [0, 0.1) is 0 Å². The minimum Gasteiger partial charge on any atom is -0.478 e. The molecule has 3 nitrogen and oxygen atoms in total. The second kappa shape index (κ2) is 6.18. The molecule has 0 spiro atoms. The molecule has 0 fully saturated rings. The highest BCUT2D eigenvalue weighted by molar-refractivity contribution is 5.70. The van der Waals surface area contributed by atoms with Gasteiger partial charge in [0.15, 0.2) is 0 Å². The van der Waals surface area contributed by atoms with Gasteiger partial charge in [-0.25, -0.2) is 4.98 Å². The highest BCUT2D eigenvalue weighted by atomic mass is 16.5. The largest absolute Gasteiger partial charge is 0.478 e. The molecule has 3 aromatic rings. The monoisotopic (exact) mass is 276 g/mol. The van der Waals surface area contributed by atoms with Gasteiger partial charge < -0.3 is 4.74 Å². The van der Waals surface area contributed by atoms with Crippen LogP contribution in [0.4, 0.5) is 0 Å². The topological polar surface area (TPSA) is 35.0 Å². The van der Waals surface area contributed by atoms with Gasteiger partial charge >= 0.3 is 0 Å². The van der Waals surface area contributed by atoms with Gasteiger partial charge in [-0.1, -0.05) is 36.4 Å². The van der Waals surface area contributed by atoms with E-state index < -0.39 is 0 Å². The van der Waals surface area contributed by atoms with E-state index in [-0.39, 0.29) is 0 Å². The molecule has 0 bridgehead atoms. The molecule has 0 atom stereocenters. The smallest absolute Gasteiger partial charge is 0.214 e. The predicted octanol–water partition coefficient (Wildman–Crippen LogP) is 4.21. The fourth-order valence-corrected chi connectivity index (χ4v) is 2.17. The summed E-state index contributed by atoms with van der Waals surface area (Å²) in [7, 11) is 0. The second-order valence-electron chi connectivity index (χ2n) is 4.59. The van der Waals surface area contributed by atoms with Crippen molar-refractivity contribution in [3.8, 4) is 28.4 Å². The molecule has 2 aromatic heterocycles. The normalized spacial score (nSPS) is 10.3. The summed E-state index contributed by atoms with van der Waals surface area (Å²) in [5.74, 6) is 0.625. The van der Waals surface area contributed by atoms with Gasteiger partial charge in [0.25, 0.3) is 0 Å². The van der Waals surface area contributed by atoms with E-state index in [1.54, 1.807) is 6.20 Å². The van der Waals surface area contributed by atoms with Gasteiger partial charge in [-0.2, -0.15) is 0 Å². The highest BCUT2D eigenvalue weighted by Gasteiger charge is 2.08. The lowest BCUT2D eigenvalue weighted by molar-refractivity contribution is 0.327. The van der Waals surface area contributed by atoms with Crippen LogP contribution in [0.15, 0.2) is 66.9 Å². The average Bonchev–Trinajstić information content (AvgIpc) is 2.56. The lowest BCUT2D eigenvalue weighted by Crippen LogP contribution is -1.97. The van der Waals surface area contributed by atoms with Crippen molar-refractivity contribution < 1.29 is 4.74 Å². The minimum absolute atomic E-state index is 0.590. The Kier molecular flexibility index (Phi) is 3.92. The third-order valence-electron chi connectivity index (χ3n) is 3.13. The molecule has 0 N–H and O–H groups in total. The standard InChI is InChI=1S/C18H16N2O/c1-2-21-18-13-15(14-8-4-3-5-9-14)12-17(20-18)16-10-6-7-11-19-16/h3-13H,2H2,1H3. The van der Waals surface area contributed by atoms with E-state index in [9.17, 15) is 0 Å². The fraction of sp³-hybridized carbons (Fsp3) is 0.111. The Hall–Kier alpha value is -2.68. The van der Waals surface area contributed by atoms with E-state index in [1.165, 1.54) is 0 Å². The van der Waals surface area contributed by atoms with E-state index in [1.807, 2.05) is 55.5 Å². The number of nitrogens with zero attached hydrogens (tertiary/aromatic N) is 2.